The number of aromatic amines is 2. The number of carbonyl (C=O) groups is 2. The minimum atomic E-state index is -0.825. The van der Waals surface area contributed by atoms with E-state index in [-0.39, 0.29) is 5.97 Å². The molecule has 4 aromatic heterocycles. The Bertz CT molecular complexity index is 1320. The van der Waals surface area contributed by atoms with Gasteiger partial charge in [-0.3, -0.25) is 0 Å². The van der Waals surface area contributed by atoms with Crippen molar-refractivity contribution < 1.29 is 19.4 Å². The number of aromatic nitrogens is 2. The molecular weight excluding hydrogens is 480 g/mol. The predicted octanol–water partition coefficient (Wildman–Crippen LogP) is 8.04. The number of ether oxygens (including phenoxy) is 1. The maximum Gasteiger partial charge on any atom is 0.348 e. The fourth-order valence-corrected chi connectivity index (χ4v) is 7.80. The molecule has 6 rings (SSSR count). The Hall–Kier alpha value is -2.58. The van der Waals surface area contributed by atoms with Crippen LogP contribution in [0.4, 0.5) is 0 Å². The fourth-order valence-electron chi connectivity index (χ4n) is 5.61. The number of H-pyrrole nitrogens is 2. The number of rotatable bonds is 4. The number of carboxylic acids is 1. The lowest BCUT2D eigenvalue weighted by Gasteiger charge is -2.20. The number of nitrogens with one attached hydrogen (secondary N) is 2. The van der Waals surface area contributed by atoms with Crippen LogP contribution in [0.25, 0.3) is 20.4 Å². The normalized spacial score (nSPS) is 17.4. The van der Waals surface area contributed by atoms with Gasteiger partial charge in [0.25, 0.3) is 0 Å². The highest BCUT2D eigenvalue weighted by Crippen LogP contribution is 2.40. The summed E-state index contributed by atoms with van der Waals surface area (Å²) < 4.78 is 7.16. The van der Waals surface area contributed by atoms with Gasteiger partial charge in [-0.05, 0) is 60.8 Å². The highest BCUT2D eigenvalue weighted by Gasteiger charge is 2.22. The Balaban J connectivity index is 0.000000145. The van der Waals surface area contributed by atoms with Gasteiger partial charge in [0, 0.05) is 12.4 Å². The zero-order valence-electron chi connectivity index (χ0n) is 20.0. The monoisotopic (exact) mass is 512 g/mol. The Morgan fingerprint density at radius 2 is 1.26 bits per heavy atom. The summed E-state index contributed by atoms with van der Waals surface area (Å²) in [6.45, 7) is 0. The Labute approximate surface area is 212 Å². The van der Waals surface area contributed by atoms with Gasteiger partial charge in [0.15, 0.2) is 0 Å². The van der Waals surface area contributed by atoms with Crippen LogP contribution < -0.4 is 0 Å². The molecule has 0 aromatic carbocycles. The highest BCUT2D eigenvalue weighted by atomic mass is 32.1. The van der Waals surface area contributed by atoms with Gasteiger partial charge in [0.05, 0.1) is 27.5 Å². The summed E-state index contributed by atoms with van der Waals surface area (Å²) in [5.74, 6) is 0.225. The average Bonchev–Trinajstić information content (AvgIpc) is 3.65. The number of aromatic carboxylic acids is 1. The quantitative estimate of drug-likeness (QED) is 0.241. The molecule has 0 bridgehead atoms. The van der Waals surface area contributed by atoms with Gasteiger partial charge in [0.2, 0.25) is 0 Å². The van der Waals surface area contributed by atoms with Crippen LogP contribution in [0, 0.1) is 0 Å². The second-order valence-electron chi connectivity index (χ2n) is 9.66. The van der Waals surface area contributed by atoms with Crippen LogP contribution in [0.5, 0.6) is 0 Å². The van der Waals surface area contributed by atoms with Crippen molar-refractivity contribution in [2.24, 2.45) is 0 Å². The average molecular weight is 513 g/mol. The lowest BCUT2D eigenvalue weighted by atomic mass is 9.85. The van der Waals surface area contributed by atoms with Gasteiger partial charge in [-0.2, -0.15) is 0 Å². The molecule has 0 saturated heterocycles. The van der Waals surface area contributed by atoms with E-state index in [1.807, 2.05) is 6.07 Å². The Morgan fingerprint density at radius 3 is 1.71 bits per heavy atom. The number of carboxylic acid groups (broad SMARTS) is 1. The van der Waals surface area contributed by atoms with Crippen molar-refractivity contribution in [2.75, 3.05) is 7.11 Å². The molecule has 186 valence electrons. The van der Waals surface area contributed by atoms with Crippen LogP contribution in [-0.2, 0) is 4.74 Å². The first-order valence-corrected chi connectivity index (χ1v) is 14.2. The molecule has 2 aliphatic carbocycles. The lowest BCUT2D eigenvalue weighted by Crippen LogP contribution is -2.03. The molecule has 0 aliphatic heterocycles. The van der Waals surface area contributed by atoms with E-state index < -0.39 is 5.97 Å². The molecule has 8 heteroatoms. The zero-order valence-corrected chi connectivity index (χ0v) is 21.7. The molecule has 4 aromatic rings. The first-order valence-electron chi connectivity index (χ1n) is 12.6. The first-order chi connectivity index (χ1) is 17.0. The molecule has 0 atom stereocenters. The summed E-state index contributed by atoms with van der Waals surface area (Å²) in [5.41, 5.74) is 4.77. The number of methoxy groups -OCH3 is 1. The Kier molecular flexibility index (Phi) is 7.29. The van der Waals surface area contributed by atoms with Crippen molar-refractivity contribution >= 4 is 55.0 Å². The fraction of sp³-hybridized carbons (Fsp3) is 0.481. The van der Waals surface area contributed by atoms with Crippen molar-refractivity contribution in [2.45, 2.75) is 76.0 Å². The maximum absolute atomic E-state index is 11.5. The van der Waals surface area contributed by atoms with Gasteiger partial charge in [-0.1, -0.05) is 38.5 Å². The number of esters is 1. The molecule has 2 saturated carbocycles. The number of carbonyl (C=O) groups excluding carboxylic acids is 1. The molecule has 2 fully saturated rings. The summed E-state index contributed by atoms with van der Waals surface area (Å²) in [7, 11) is 1.43. The first kappa shape index (κ1) is 24.1. The standard InChI is InChI=1S/C14H17NO2S.C13H15NO2S/c1-17-14(16)12-7-11-13(18-12)10(8-15-11)9-5-3-2-4-6-9;15-13(16)11-6-10-12(17-11)9(7-14-10)8-4-2-1-3-5-8/h7-9,15H,2-6H2,1H3;6-8,14H,1-5H2,(H,15,16). The van der Waals surface area contributed by atoms with Crippen LogP contribution in [0.3, 0.4) is 0 Å². The smallest absolute Gasteiger partial charge is 0.348 e. The molecular formula is C27H32N2O4S2. The Morgan fingerprint density at radius 1 is 0.800 bits per heavy atom. The van der Waals surface area contributed by atoms with Crippen molar-refractivity contribution in [3.05, 3.63) is 45.4 Å². The van der Waals surface area contributed by atoms with Crippen molar-refractivity contribution in [1.29, 1.82) is 0 Å². The minimum Gasteiger partial charge on any atom is -0.477 e. The molecule has 0 radical (unpaired) electrons. The van der Waals surface area contributed by atoms with Crippen LogP contribution >= 0.6 is 22.7 Å². The topological polar surface area (TPSA) is 95.2 Å². The predicted molar refractivity (Wildman–Crippen MR) is 142 cm³/mol. The van der Waals surface area contributed by atoms with Crippen molar-refractivity contribution in [3.8, 4) is 0 Å². The van der Waals surface area contributed by atoms with Crippen molar-refractivity contribution in [3.63, 3.8) is 0 Å². The van der Waals surface area contributed by atoms with Crippen LogP contribution in [0.15, 0.2) is 24.5 Å². The van der Waals surface area contributed by atoms with Gasteiger partial charge in [0.1, 0.15) is 9.75 Å². The van der Waals surface area contributed by atoms with E-state index in [1.54, 1.807) is 17.4 Å². The van der Waals surface area contributed by atoms with E-state index in [0.29, 0.717) is 21.6 Å². The van der Waals surface area contributed by atoms with Crippen LogP contribution in [0.1, 0.15) is 107 Å². The maximum atomic E-state index is 11.5. The third-order valence-corrected chi connectivity index (χ3v) is 9.78. The molecule has 4 heterocycles. The van der Waals surface area contributed by atoms with E-state index in [0.717, 1.165) is 15.7 Å². The van der Waals surface area contributed by atoms with Gasteiger partial charge in [-0.15, -0.1) is 22.7 Å². The van der Waals surface area contributed by atoms with E-state index in [2.05, 4.69) is 22.4 Å². The van der Waals surface area contributed by atoms with E-state index in [9.17, 15) is 9.59 Å². The lowest BCUT2D eigenvalue weighted by molar-refractivity contribution is 0.0605. The number of fused-ring (bicyclic) bond motifs is 2. The number of thiophene rings is 2. The molecule has 0 unspecified atom stereocenters. The molecule has 0 amide bonds. The summed E-state index contributed by atoms with van der Waals surface area (Å²) >= 11 is 2.95. The second kappa shape index (κ2) is 10.6. The van der Waals surface area contributed by atoms with E-state index >= 15 is 0 Å². The largest absolute Gasteiger partial charge is 0.477 e. The molecule has 2 aliphatic rings. The summed E-state index contributed by atoms with van der Waals surface area (Å²) in [6, 6.07) is 3.65. The summed E-state index contributed by atoms with van der Waals surface area (Å²) in [6.07, 6.45) is 17.2. The van der Waals surface area contributed by atoms with E-state index in [1.165, 1.54) is 98.5 Å². The highest BCUT2D eigenvalue weighted by molar-refractivity contribution is 7.21. The molecule has 35 heavy (non-hydrogen) atoms. The third kappa shape index (κ3) is 5.05. The zero-order chi connectivity index (χ0) is 24.4. The minimum absolute atomic E-state index is 0.237. The second-order valence-corrected chi connectivity index (χ2v) is 11.8. The van der Waals surface area contributed by atoms with Gasteiger partial charge >= 0.3 is 11.9 Å². The van der Waals surface area contributed by atoms with Crippen LogP contribution in [-0.4, -0.2) is 34.1 Å². The summed E-state index contributed by atoms with van der Waals surface area (Å²) in [5, 5.41) is 9.00. The van der Waals surface area contributed by atoms with Crippen LogP contribution in [0.2, 0.25) is 0 Å². The van der Waals surface area contributed by atoms with Gasteiger partial charge in [-0.25, -0.2) is 9.59 Å². The number of hydrogen-bond donors (Lipinski definition) is 3. The summed E-state index contributed by atoms with van der Waals surface area (Å²) in [4.78, 5) is 30.1. The van der Waals surface area contributed by atoms with Gasteiger partial charge < -0.3 is 19.8 Å². The molecule has 0 spiro atoms. The molecule has 3 N–H and O–H groups in total. The molecule has 6 nitrogen and oxygen atoms in total. The number of hydrogen-bond acceptors (Lipinski definition) is 5. The van der Waals surface area contributed by atoms with Crippen molar-refractivity contribution in [1.82, 2.24) is 9.97 Å². The third-order valence-electron chi connectivity index (χ3n) is 7.44. The van der Waals surface area contributed by atoms with E-state index in [4.69, 9.17) is 9.84 Å². The SMILES string of the molecule is COC(=O)c1cc2[nH]cc(C3CCCCC3)c2s1.O=C(O)c1cc2[nH]cc(C3CCCCC3)c2s1.